The van der Waals surface area contributed by atoms with E-state index in [1.807, 2.05) is 12.1 Å². The Morgan fingerprint density at radius 2 is 1.89 bits per heavy atom. The van der Waals surface area contributed by atoms with Crippen LogP contribution in [-0.2, 0) is 0 Å². The van der Waals surface area contributed by atoms with Crippen molar-refractivity contribution in [3.8, 4) is 23.0 Å². The molecule has 0 aliphatic rings. The summed E-state index contributed by atoms with van der Waals surface area (Å²) in [5.41, 5.74) is 0.345. The van der Waals surface area contributed by atoms with Crippen LogP contribution in [0.1, 0.15) is 11.1 Å². The summed E-state index contributed by atoms with van der Waals surface area (Å²) in [5, 5.41) is 18.5. The molecule has 0 saturated carbocycles. The van der Waals surface area contributed by atoms with E-state index >= 15 is 0 Å². The summed E-state index contributed by atoms with van der Waals surface area (Å²) in [4.78, 5) is 0. The summed E-state index contributed by atoms with van der Waals surface area (Å²) < 4.78 is 9.27. The van der Waals surface area contributed by atoms with Gasteiger partial charge in [0.1, 0.15) is 29.0 Å². The standard InChI is InChI=1S/C11H3Cl2N3OS/c12-8-2-1-3-9(6(8)4-14)17-11-7(5-15)10(13)16-18-11/h1-3H. The van der Waals surface area contributed by atoms with Crippen LogP contribution in [0.15, 0.2) is 18.2 Å². The number of hydrogen-bond donors (Lipinski definition) is 0. The second-order valence-corrected chi connectivity index (χ2v) is 4.58. The van der Waals surface area contributed by atoms with Gasteiger partial charge in [-0.05, 0) is 12.1 Å². The molecule has 0 unspecified atom stereocenters. The van der Waals surface area contributed by atoms with Crippen LogP contribution in [0.4, 0.5) is 0 Å². The van der Waals surface area contributed by atoms with Crippen molar-refractivity contribution in [2.75, 3.05) is 0 Å². The Balaban J connectivity index is 2.45. The first-order chi connectivity index (χ1) is 8.67. The van der Waals surface area contributed by atoms with Gasteiger partial charge in [0.25, 0.3) is 0 Å². The fraction of sp³-hybridized carbons (Fsp3) is 0. The number of ether oxygens (including phenoxy) is 1. The number of hydrogen-bond acceptors (Lipinski definition) is 5. The quantitative estimate of drug-likeness (QED) is 0.840. The Bertz CT molecular complexity index is 685. The van der Waals surface area contributed by atoms with Gasteiger partial charge in [0.05, 0.1) is 5.02 Å². The van der Waals surface area contributed by atoms with E-state index in [4.69, 9.17) is 38.5 Å². The maximum atomic E-state index is 8.99. The average Bonchev–Trinajstić information content (AvgIpc) is 2.70. The monoisotopic (exact) mass is 295 g/mol. The number of aromatic nitrogens is 1. The smallest absolute Gasteiger partial charge is 0.219 e. The molecule has 0 bridgehead atoms. The summed E-state index contributed by atoms with van der Waals surface area (Å²) in [6, 6.07) is 8.64. The van der Waals surface area contributed by atoms with Gasteiger partial charge in [-0.25, -0.2) is 0 Å². The zero-order valence-electron chi connectivity index (χ0n) is 8.65. The van der Waals surface area contributed by atoms with E-state index in [0.717, 1.165) is 11.5 Å². The second-order valence-electron chi connectivity index (χ2n) is 3.07. The van der Waals surface area contributed by atoms with E-state index in [1.54, 1.807) is 18.2 Å². The molecule has 1 aromatic carbocycles. The first kappa shape index (κ1) is 12.7. The maximum absolute atomic E-state index is 8.99. The molecule has 0 N–H and O–H groups in total. The van der Waals surface area contributed by atoms with E-state index in [9.17, 15) is 0 Å². The van der Waals surface area contributed by atoms with Gasteiger partial charge < -0.3 is 4.74 Å². The molecule has 2 aromatic rings. The third-order valence-corrected chi connectivity index (χ3v) is 3.44. The molecule has 88 valence electrons. The van der Waals surface area contributed by atoms with Crippen molar-refractivity contribution in [3.63, 3.8) is 0 Å². The molecule has 0 aliphatic carbocycles. The Hall–Kier alpha value is -1.79. The van der Waals surface area contributed by atoms with Gasteiger partial charge in [0, 0.05) is 11.5 Å². The molecule has 4 nitrogen and oxygen atoms in total. The molecular formula is C11H3Cl2N3OS. The number of nitrogens with zero attached hydrogens (tertiary/aromatic N) is 3. The lowest BCUT2D eigenvalue weighted by Gasteiger charge is -2.05. The summed E-state index contributed by atoms with van der Waals surface area (Å²) in [7, 11) is 0. The van der Waals surface area contributed by atoms with Gasteiger partial charge in [0.15, 0.2) is 5.15 Å². The van der Waals surface area contributed by atoms with Crippen molar-refractivity contribution in [1.82, 2.24) is 4.37 Å². The van der Waals surface area contributed by atoms with Gasteiger partial charge in [-0.15, -0.1) is 0 Å². The summed E-state index contributed by atoms with van der Waals surface area (Å²) >= 11 is 12.5. The van der Waals surface area contributed by atoms with Crippen LogP contribution in [0, 0.1) is 22.7 Å². The Morgan fingerprint density at radius 1 is 1.17 bits per heavy atom. The molecule has 2 rings (SSSR count). The van der Waals surface area contributed by atoms with Crippen LogP contribution in [0.3, 0.4) is 0 Å². The third-order valence-electron chi connectivity index (χ3n) is 2.02. The van der Waals surface area contributed by atoms with E-state index in [2.05, 4.69) is 4.37 Å². The van der Waals surface area contributed by atoms with Crippen LogP contribution < -0.4 is 4.74 Å². The molecule has 0 spiro atoms. The van der Waals surface area contributed by atoms with E-state index in [1.165, 1.54) is 0 Å². The van der Waals surface area contributed by atoms with Crippen molar-refractivity contribution in [3.05, 3.63) is 39.5 Å². The van der Waals surface area contributed by atoms with Gasteiger partial charge in [-0.2, -0.15) is 14.9 Å². The molecule has 1 heterocycles. The van der Waals surface area contributed by atoms with Crippen molar-refractivity contribution in [2.45, 2.75) is 0 Å². The minimum Gasteiger partial charge on any atom is -0.442 e. The fourth-order valence-corrected chi connectivity index (χ4v) is 2.33. The van der Waals surface area contributed by atoms with Gasteiger partial charge >= 0.3 is 0 Å². The van der Waals surface area contributed by atoms with Crippen molar-refractivity contribution in [2.24, 2.45) is 0 Å². The molecule has 7 heteroatoms. The second kappa shape index (κ2) is 5.24. The number of halogens is 2. The summed E-state index contributed by atoms with van der Waals surface area (Å²) in [6.07, 6.45) is 0. The number of benzene rings is 1. The lowest BCUT2D eigenvalue weighted by molar-refractivity contribution is 0.493. The maximum Gasteiger partial charge on any atom is 0.219 e. The fourth-order valence-electron chi connectivity index (χ4n) is 1.22. The molecule has 0 atom stereocenters. The van der Waals surface area contributed by atoms with Crippen LogP contribution in [-0.4, -0.2) is 4.37 Å². The average molecular weight is 296 g/mol. The Morgan fingerprint density at radius 3 is 2.56 bits per heavy atom. The largest absolute Gasteiger partial charge is 0.442 e. The highest BCUT2D eigenvalue weighted by atomic mass is 35.5. The van der Waals surface area contributed by atoms with Crippen molar-refractivity contribution < 1.29 is 4.74 Å². The van der Waals surface area contributed by atoms with Crippen LogP contribution in [0.2, 0.25) is 10.2 Å². The van der Waals surface area contributed by atoms with Crippen molar-refractivity contribution in [1.29, 1.82) is 10.5 Å². The topological polar surface area (TPSA) is 69.7 Å². The minimum atomic E-state index is 0.0815. The number of rotatable bonds is 2. The van der Waals surface area contributed by atoms with E-state index in [0.29, 0.717) is 0 Å². The lowest BCUT2D eigenvalue weighted by Crippen LogP contribution is -1.88. The molecule has 1 aromatic heterocycles. The zero-order valence-corrected chi connectivity index (χ0v) is 11.0. The highest BCUT2D eigenvalue weighted by Crippen LogP contribution is 2.36. The highest BCUT2D eigenvalue weighted by Gasteiger charge is 2.16. The molecule has 0 amide bonds. The SMILES string of the molecule is N#Cc1c(Cl)cccc1Oc1snc(Cl)c1C#N. The zero-order chi connectivity index (χ0) is 13.1. The van der Waals surface area contributed by atoms with Crippen LogP contribution in [0.5, 0.6) is 10.8 Å². The predicted molar refractivity (Wildman–Crippen MR) is 68.1 cm³/mol. The first-order valence-corrected chi connectivity index (χ1v) is 6.12. The summed E-state index contributed by atoms with van der Waals surface area (Å²) in [6.45, 7) is 0. The Kier molecular flexibility index (Phi) is 3.69. The minimum absolute atomic E-state index is 0.0815. The summed E-state index contributed by atoms with van der Waals surface area (Å²) in [5.74, 6) is 0.266. The number of nitriles is 2. The van der Waals surface area contributed by atoms with Gasteiger partial charge in [0.2, 0.25) is 5.06 Å². The molecule has 18 heavy (non-hydrogen) atoms. The molecule has 0 radical (unpaired) electrons. The van der Waals surface area contributed by atoms with E-state index in [-0.39, 0.29) is 32.1 Å². The van der Waals surface area contributed by atoms with Crippen LogP contribution >= 0.6 is 34.7 Å². The third kappa shape index (κ3) is 2.25. The van der Waals surface area contributed by atoms with Crippen molar-refractivity contribution >= 4 is 34.7 Å². The van der Waals surface area contributed by atoms with Crippen LogP contribution in [0.25, 0.3) is 0 Å². The molecule has 0 saturated heterocycles. The lowest BCUT2D eigenvalue weighted by atomic mass is 10.2. The predicted octanol–water partition coefficient (Wildman–Crippen LogP) is 3.99. The van der Waals surface area contributed by atoms with E-state index < -0.39 is 0 Å². The first-order valence-electron chi connectivity index (χ1n) is 4.59. The highest BCUT2D eigenvalue weighted by molar-refractivity contribution is 7.08. The molecule has 0 fully saturated rings. The molecular weight excluding hydrogens is 293 g/mol. The molecule has 0 aliphatic heterocycles. The Labute approximate surface area is 117 Å². The van der Waals surface area contributed by atoms with Gasteiger partial charge in [-0.1, -0.05) is 29.3 Å². The normalized spacial score (nSPS) is 9.56. The van der Waals surface area contributed by atoms with Gasteiger partial charge in [-0.3, -0.25) is 0 Å².